The average molecular weight is 298 g/mol. The summed E-state index contributed by atoms with van der Waals surface area (Å²) in [7, 11) is 0. The first-order valence-corrected chi connectivity index (χ1v) is 6.12. The van der Waals surface area contributed by atoms with Crippen LogP contribution in [0, 0.1) is 5.92 Å². The molecule has 1 aliphatic heterocycles. The molecular weight excluding hydrogens is 281 g/mol. The van der Waals surface area contributed by atoms with Crippen molar-refractivity contribution < 1.29 is 32.6 Å². The lowest BCUT2D eigenvalue weighted by Crippen LogP contribution is -2.48. The topological polar surface area (TPSA) is 78.9 Å². The van der Waals surface area contributed by atoms with Crippen molar-refractivity contribution in [2.24, 2.45) is 5.92 Å². The predicted molar refractivity (Wildman–Crippen MR) is 62.2 cm³/mol. The molecule has 1 fully saturated rings. The van der Waals surface area contributed by atoms with Crippen LogP contribution in [0.15, 0.2) is 0 Å². The number of rotatable bonds is 5. The van der Waals surface area contributed by atoms with E-state index in [-0.39, 0.29) is 23.5 Å². The standard InChI is InChI=1S/C11H17F3N2O4/c1-7-8(2-3-20-7)4-15-10(19)16(5-9(17)18)6-11(12,13)14/h7-8H,2-6H2,1H3,(H,15,19)(H,17,18). The van der Waals surface area contributed by atoms with Gasteiger partial charge in [-0.05, 0) is 13.3 Å². The maximum atomic E-state index is 12.3. The van der Waals surface area contributed by atoms with E-state index in [1.165, 1.54) is 0 Å². The van der Waals surface area contributed by atoms with Gasteiger partial charge < -0.3 is 20.1 Å². The maximum absolute atomic E-state index is 12.3. The highest BCUT2D eigenvalue weighted by atomic mass is 19.4. The summed E-state index contributed by atoms with van der Waals surface area (Å²) in [6.07, 6.45) is -4.01. The number of carbonyl (C=O) groups excluding carboxylic acids is 1. The molecule has 20 heavy (non-hydrogen) atoms. The van der Waals surface area contributed by atoms with Gasteiger partial charge in [0.05, 0.1) is 6.10 Å². The number of halogens is 3. The first-order valence-electron chi connectivity index (χ1n) is 6.12. The van der Waals surface area contributed by atoms with Crippen LogP contribution in [0.2, 0.25) is 0 Å². The Balaban J connectivity index is 2.51. The second-order valence-corrected chi connectivity index (χ2v) is 4.68. The zero-order valence-electron chi connectivity index (χ0n) is 10.9. The quantitative estimate of drug-likeness (QED) is 0.796. The average Bonchev–Trinajstić information content (AvgIpc) is 2.68. The summed E-state index contributed by atoms with van der Waals surface area (Å²) in [5.74, 6) is -1.47. The summed E-state index contributed by atoms with van der Waals surface area (Å²) >= 11 is 0. The molecule has 2 unspecified atom stereocenters. The van der Waals surface area contributed by atoms with Gasteiger partial charge in [0.25, 0.3) is 0 Å². The third kappa shape index (κ3) is 5.64. The van der Waals surface area contributed by atoms with Gasteiger partial charge in [-0.25, -0.2) is 4.79 Å². The Labute approximate surface area is 113 Å². The molecule has 0 spiro atoms. The normalized spacial score (nSPS) is 22.6. The van der Waals surface area contributed by atoms with E-state index < -0.39 is 31.3 Å². The van der Waals surface area contributed by atoms with Gasteiger partial charge in [0.2, 0.25) is 0 Å². The summed E-state index contributed by atoms with van der Waals surface area (Å²) in [5, 5.41) is 10.9. The Morgan fingerprint density at radius 3 is 2.55 bits per heavy atom. The van der Waals surface area contributed by atoms with Crippen LogP contribution in [0.25, 0.3) is 0 Å². The fourth-order valence-corrected chi connectivity index (χ4v) is 1.95. The number of hydrogen-bond acceptors (Lipinski definition) is 3. The second-order valence-electron chi connectivity index (χ2n) is 4.68. The molecule has 1 rings (SSSR count). The van der Waals surface area contributed by atoms with Crippen LogP contribution in [0.5, 0.6) is 0 Å². The molecule has 0 saturated carbocycles. The molecule has 1 heterocycles. The third-order valence-corrected chi connectivity index (χ3v) is 3.03. The number of urea groups is 1. The number of nitrogens with one attached hydrogen (secondary N) is 1. The minimum absolute atomic E-state index is 0.0246. The van der Waals surface area contributed by atoms with Gasteiger partial charge >= 0.3 is 18.2 Å². The second kappa shape index (κ2) is 6.78. The van der Waals surface area contributed by atoms with Crippen LogP contribution >= 0.6 is 0 Å². The van der Waals surface area contributed by atoms with Crippen LogP contribution < -0.4 is 5.32 Å². The van der Waals surface area contributed by atoms with E-state index in [1.807, 2.05) is 6.92 Å². The zero-order chi connectivity index (χ0) is 15.3. The zero-order valence-corrected chi connectivity index (χ0v) is 10.9. The van der Waals surface area contributed by atoms with Crippen molar-refractivity contribution >= 4 is 12.0 Å². The fourth-order valence-electron chi connectivity index (χ4n) is 1.95. The Hall–Kier alpha value is -1.51. The maximum Gasteiger partial charge on any atom is 0.406 e. The number of alkyl halides is 3. The van der Waals surface area contributed by atoms with Crippen LogP contribution in [-0.4, -0.2) is 60.5 Å². The lowest BCUT2D eigenvalue weighted by Gasteiger charge is -2.23. The number of carbonyl (C=O) groups is 2. The number of hydrogen-bond donors (Lipinski definition) is 2. The Morgan fingerprint density at radius 2 is 2.10 bits per heavy atom. The summed E-state index contributed by atoms with van der Waals surface area (Å²) in [6.45, 7) is -0.0739. The van der Waals surface area contributed by atoms with Crippen molar-refractivity contribution in [2.45, 2.75) is 25.6 Å². The molecule has 6 nitrogen and oxygen atoms in total. The van der Waals surface area contributed by atoms with E-state index in [2.05, 4.69) is 5.32 Å². The third-order valence-electron chi connectivity index (χ3n) is 3.03. The summed E-state index contributed by atoms with van der Waals surface area (Å²) in [6, 6.07) is -1.04. The van der Waals surface area contributed by atoms with E-state index in [4.69, 9.17) is 9.84 Å². The van der Waals surface area contributed by atoms with Crippen molar-refractivity contribution in [1.82, 2.24) is 10.2 Å². The van der Waals surface area contributed by atoms with Gasteiger partial charge in [0, 0.05) is 19.1 Å². The molecule has 0 bridgehead atoms. The number of ether oxygens (including phenoxy) is 1. The molecule has 0 radical (unpaired) electrons. The molecule has 0 aromatic carbocycles. The van der Waals surface area contributed by atoms with E-state index in [9.17, 15) is 22.8 Å². The summed E-state index contributed by atoms with van der Waals surface area (Å²) in [5.41, 5.74) is 0. The minimum atomic E-state index is -4.64. The number of carboxylic acid groups (broad SMARTS) is 1. The molecular formula is C11H17F3N2O4. The fraction of sp³-hybridized carbons (Fsp3) is 0.818. The number of amides is 2. The van der Waals surface area contributed by atoms with E-state index in [0.717, 1.165) is 0 Å². The minimum Gasteiger partial charge on any atom is -0.480 e. The predicted octanol–water partition coefficient (Wildman–Crippen LogP) is 1.07. The van der Waals surface area contributed by atoms with Crippen LogP contribution in [-0.2, 0) is 9.53 Å². The van der Waals surface area contributed by atoms with E-state index in [0.29, 0.717) is 13.0 Å². The molecule has 9 heteroatoms. The van der Waals surface area contributed by atoms with Crippen molar-refractivity contribution in [3.63, 3.8) is 0 Å². The molecule has 0 aliphatic carbocycles. The van der Waals surface area contributed by atoms with Gasteiger partial charge in [0.15, 0.2) is 0 Å². The summed E-state index contributed by atoms with van der Waals surface area (Å²) < 4.78 is 42.1. The first-order chi connectivity index (χ1) is 9.19. The molecule has 2 amide bonds. The number of aliphatic carboxylic acids is 1. The van der Waals surface area contributed by atoms with Crippen molar-refractivity contribution in [2.75, 3.05) is 26.2 Å². The Morgan fingerprint density at radius 1 is 1.45 bits per heavy atom. The highest BCUT2D eigenvalue weighted by Gasteiger charge is 2.34. The van der Waals surface area contributed by atoms with Crippen molar-refractivity contribution in [3.8, 4) is 0 Å². The molecule has 116 valence electrons. The van der Waals surface area contributed by atoms with Crippen LogP contribution in [0.1, 0.15) is 13.3 Å². The van der Waals surface area contributed by atoms with Gasteiger partial charge in [-0.1, -0.05) is 0 Å². The van der Waals surface area contributed by atoms with E-state index >= 15 is 0 Å². The van der Waals surface area contributed by atoms with Crippen LogP contribution in [0.3, 0.4) is 0 Å². The highest BCUT2D eigenvalue weighted by molar-refractivity contribution is 5.80. The van der Waals surface area contributed by atoms with Gasteiger partial charge in [-0.15, -0.1) is 0 Å². The lowest BCUT2D eigenvalue weighted by molar-refractivity contribution is -0.149. The summed E-state index contributed by atoms with van der Waals surface area (Å²) in [4.78, 5) is 22.4. The highest BCUT2D eigenvalue weighted by Crippen LogP contribution is 2.20. The SMILES string of the molecule is CC1OCCC1CNC(=O)N(CC(=O)O)CC(F)(F)F. The molecule has 1 aliphatic rings. The Kier molecular flexibility index (Phi) is 5.61. The smallest absolute Gasteiger partial charge is 0.406 e. The number of nitrogens with zero attached hydrogens (tertiary/aromatic N) is 1. The molecule has 1 saturated heterocycles. The van der Waals surface area contributed by atoms with Crippen molar-refractivity contribution in [3.05, 3.63) is 0 Å². The monoisotopic (exact) mass is 298 g/mol. The van der Waals surface area contributed by atoms with Gasteiger partial charge in [-0.2, -0.15) is 13.2 Å². The Bertz CT molecular complexity index is 362. The first kappa shape index (κ1) is 16.5. The molecule has 0 aromatic heterocycles. The van der Waals surface area contributed by atoms with Crippen molar-refractivity contribution in [1.29, 1.82) is 0 Å². The van der Waals surface area contributed by atoms with Gasteiger partial charge in [0.1, 0.15) is 13.1 Å². The lowest BCUT2D eigenvalue weighted by atomic mass is 10.0. The number of carboxylic acids is 1. The molecule has 0 aromatic rings. The largest absolute Gasteiger partial charge is 0.480 e. The van der Waals surface area contributed by atoms with E-state index in [1.54, 1.807) is 0 Å². The molecule has 2 N–H and O–H groups in total. The molecule has 2 atom stereocenters. The van der Waals surface area contributed by atoms with Gasteiger partial charge in [-0.3, -0.25) is 4.79 Å². The van der Waals surface area contributed by atoms with Crippen LogP contribution in [0.4, 0.5) is 18.0 Å².